The van der Waals surface area contributed by atoms with Gasteiger partial charge in [0, 0.05) is 11.2 Å². The highest BCUT2D eigenvalue weighted by molar-refractivity contribution is 6.58. The molecule has 0 fully saturated rings. The molecule has 0 saturated heterocycles. The SMILES string of the molecule is OB(O)c1ccc2[nH]c(CC(F)(F)F)cc2c1. The number of aromatic nitrogens is 1. The first-order valence-electron chi connectivity index (χ1n) is 4.89. The van der Waals surface area contributed by atoms with Crippen LogP contribution in [0.2, 0.25) is 0 Å². The van der Waals surface area contributed by atoms with Crippen molar-refractivity contribution in [3.63, 3.8) is 0 Å². The van der Waals surface area contributed by atoms with Gasteiger partial charge in [0.05, 0.1) is 6.42 Å². The molecule has 3 N–H and O–H groups in total. The number of benzene rings is 1. The van der Waals surface area contributed by atoms with Crippen LogP contribution in [-0.4, -0.2) is 28.3 Å². The molecule has 17 heavy (non-hydrogen) atoms. The van der Waals surface area contributed by atoms with E-state index in [1.54, 1.807) is 0 Å². The van der Waals surface area contributed by atoms with Gasteiger partial charge in [0.2, 0.25) is 0 Å². The van der Waals surface area contributed by atoms with Gasteiger partial charge in [-0.15, -0.1) is 0 Å². The summed E-state index contributed by atoms with van der Waals surface area (Å²) < 4.78 is 36.5. The Labute approximate surface area is 95.0 Å². The van der Waals surface area contributed by atoms with Gasteiger partial charge in [0.25, 0.3) is 0 Å². The Hall–Kier alpha value is -1.47. The second-order valence-corrected chi connectivity index (χ2v) is 3.81. The lowest BCUT2D eigenvalue weighted by Gasteiger charge is -2.02. The van der Waals surface area contributed by atoms with Crippen LogP contribution < -0.4 is 5.46 Å². The van der Waals surface area contributed by atoms with Crippen LogP contribution >= 0.6 is 0 Å². The van der Waals surface area contributed by atoms with E-state index in [9.17, 15) is 13.2 Å². The third-order valence-corrected chi connectivity index (χ3v) is 2.39. The van der Waals surface area contributed by atoms with Crippen molar-refractivity contribution in [3.8, 4) is 0 Å². The lowest BCUT2D eigenvalue weighted by Crippen LogP contribution is -2.29. The summed E-state index contributed by atoms with van der Waals surface area (Å²) in [5.74, 6) is 0. The highest BCUT2D eigenvalue weighted by atomic mass is 19.4. The molecule has 0 amide bonds. The van der Waals surface area contributed by atoms with Crippen molar-refractivity contribution in [1.29, 1.82) is 0 Å². The number of aromatic amines is 1. The third-order valence-electron chi connectivity index (χ3n) is 2.39. The zero-order valence-electron chi connectivity index (χ0n) is 8.62. The van der Waals surface area contributed by atoms with Gasteiger partial charge in [-0.1, -0.05) is 12.1 Å². The molecule has 3 nitrogen and oxygen atoms in total. The molecule has 1 aromatic heterocycles. The van der Waals surface area contributed by atoms with Gasteiger partial charge in [-0.05, 0) is 23.0 Å². The van der Waals surface area contributed by atoms with Gasteiger partial charge in [0.15, 0.2) is 0 Å². The van der Waals surface area contributed by atoms with Crippen molar-refractivity contribution >= 4 is 23.5 Å². The number of hydrogen-bond donors (Lipinski definition) is 3. The maximum Gasteiger partial charge on any atom is 0.488 e. The summed E-state index contributed by atoms with van der Waals surface area (Å²) in [5.41, 5.74) is 0.834. The molecule has 0 spiro atoms. The Kier molecular flexibility index (Phi) is 2.88. The number of rotatable bonds is 2. The molecule has 1 heterocycles. The van der Waals surface area contributed by atoms with E-state index in [2.05, 4.69) is 4.98 Å². The molecule has 0 saturated carbocycles. The van der Waals surface area contributed by atoms with E-state index in [4.69, 9.17) is 10.0 Å². The average Bonchev–Trinajstić information content (AvgIpc) is 2.54. The monoisotopic (exact) mass is 243 g/mol. The molecule has 90 valence electrons. The zero-order chi connectivity index (χ0) is 12.6. The number of H-pyrrole nitrogens is 1. The maximum atomic E-state index is 12.2. The fourth-order valence-electron chi connectivity index (χ4n) is 1.68. The Morgan fingerprint density at radius 2 is 1.88 bits per heavy atom. The molecule has 0 radical (unpaired) electrons. The number of hydrogen-bond acceptors (Lipinski definition) is 2. The van der Waals surface area contributed by atoms with Crippen molar-refractivity contribution in [2.24, 2.45) is 0 Å². The lowest BCUT2D eigenvalue weighted by atomic mass is 9.80. The molecular weight excluding hydrogens is 234 g/mol. The van der Waals surface area contributed by atoms with Gasteiger partial charge in [-0.25, -0.2) is 0 Å². The van der Waals surface area contributed by atoms with Gasteiger partial charge in [-0.3, -0.25) is 0 Å². The smallest absolute Gasteiger partial charge is 0.423 e. The van der Waals surface area contributed by atoms with Crippen molar-refractivity contribution < 1.29 is 23.2 Å². The Balaban J connectivity index is 2.37. The molecule has 0 aliphatic heterocycles. The molecule has 0 aliphatic rings. The second kappa shape index (κ2) is 4.08. The number of nitrogens with one attached hydrogen (secondary N) is 1. The van der Waals surface area contributed by atoms with Gasteiger partial charge in [-0.2, -0.15) is 13.2 Å². The van der Waals surface area contributed by atoms with Gasteiger partial charge < -0.3 is 15.0 Å². The quantitative estimate of drug-likeness (QED) is 0.688. The molecule has 7 heteroatoms. The predicted molar refractivity (Wildman–Crippen MR) is 57.9 cm³/mol. The van der Waals surface area contributed by atoms with Crippen LogP contribution in [0.5, 0.6) is 0 Å². The van der Waals surface area contributed by atoms with Crippen LogP contribution in [0.25, 0.3) is 10.9 Å². The minimum atomic E-state index is -4.26. The van der Waals surface area contributed by atoms with E-state index in [1.807, 2.05) is 0 Å². The Morgan fingerprint density at radius 3 is 2.47 bits per heavy atom. The van der Waals surface area contributed by atoms with Gasteiger partial charge >= 0.3 is 13.3 Å². The Morgan fingerprint density at radius 1 is 1.18 bits per heavy atom. The van der Waals surface area contributed by atoms with E-state index >= 15 is 0 Å². The first kappa shape index (κ1) is 12.0. The number of fused-ring (bicyclic) bond motifs is 1. The van der Waals surface area contributed by atoms with Crippen LogP contribution in [-0.2, 0) is 6.42 Å². The molecule has 0 atom stereocenters. The van der Waals surface area contributed by atoms with E-state index in [1.165, 1.54) is 24.3 Å². The fraction of sp³-hybridized carbons (Fsp3) is 0.200. The van der Waals surface area contributed by atoms with Crippen molar-refractivity contribution in [2.45, 2.75) is 12.6 Å². The third kappa shape index (κ3) is 2.80. The summed E-state index contributed by atoms with van der Waals surface area (Å²) >= 11 is 0. The molecule has 2 aromatic rings. The van der Waals surface area contributed by atoms with E-state index in [0.717, 1.165) is 0 Å². The molecule has 0 bridgehead atoms. The number of halogens is 3. The van der Waals surface area contributed by atoms with Gasteiger partial charge in [0.1, 0.15) is 0 Å². The van der Waals surface area contributed by atoms with E-state index in [-0.39, 0.29) is 11.2 Å². The summed E-state index contributed by atoms with van der Waals surface area (Å²) in [6.45, 7) is 0. The predicted octanol–water partition coefficient (Wildman–Crippen LogP) is 0.952. The first-order chi connectivity index (χ1) is 7.85. The largest absolute Gasteiger partial charge is 0.488 e. The molecule has 2 rings (SSSR count). The van der Waals surface area contributed by atoms with Crippen molar-refractivity contribution in [1.82, 2.24) is 4.98 Å². The fourth-order valence-corrected chi connectivity index (χ4v) is 1.68. The standard InChI is InChI=1S/C10H9BF3NO2/c12-10(13,14)5-8-4-6-3-7(11(16)17)1-2-9(6)15-8/h1-4,15-17H,5H2. The van der Waals surface area contributed by atoms with Crippen LogP contribution in [0, 0.1) is 0 Å². The summed E-state index contributed by atoms with van der Waals surface area (Å²) in [6.07, 6.45) is -5.29. The molecular formula is C10H9BF3NO2. The van der Waals surface area contributed by atoms with E-state index < -0.39 is 19.7 Å². The van der Waals surface area contributed by atoms with Crippen LogP contribution in [0.1, 0.15) is 5.69 Å². The highest BCUT2D eigenvalue weighted by Gasteiger charge is 2.28. The lowest BCUT2D eigenvalue weighted by molar-refractivity contribution is -0.127. The molecule has 0 unspecified atom stereocenters. The zero-order valence-corrected chi connectivity index (χ0v) is 8.62. The highest BCUT2D eigenvalue weighted by Crippen LogP contribution is 2.23. The average molecular weight is 243 g/mol. The first-order valence-corrected chi connectivity index (χ1v) is 4.89. The van der Waals surface area contributed by atoms with Crippen molar-refractivity contribution in [3.05, 3.63) is 30.0 Å². The molecule has 1 aromatic carbocycles. The Bertz CT molecular complexity index is 536. The topological polar surface area (TPSA) is 56.2 Å². The van der Waals surface area contributed by atoms with Crippen LogP contribution in [0.4, 0.5) is 13.2 Å². The second-order valence-electron chi connectivity index (χ2n) is 3.81. The minimum absolute atomic E-state index is 0.0529. The summed E-state index contributed by atoms with van der Waals surface area (Å²) in [7, 11) is -1.62. The summed E-state index contributed by atoms with van der Waals surface area (Å²) in [5, 5.41) is 18.4. The summed E-state index contributed by atoms with van der Waals surface area (Å²) in [4.78, 5) is 2.63. The minimum Gasteiger partial charge on any atom is -0.423 e. The van der Waals surface area contributed by atoms with Crippen LogP contribution in [0.15, 0.2) is 24.3 Å². The number of alkyl halides is 3. The normalized spacial score (nSPS) is 12.1. The van der Waals surface area contributed by atoms with Crippen molar-refractivity contribution in [2.75, 3.05) is 0 Å². The molecule has 0 aliphatic carbocycles. The maximum absolute atomic E-state index is 12.2. The summed E-state index contributed by atoms with van der Waals surface area (Å²) in [6, 6.07) is 5.76. The van der Waals surface area contributed by atoms with E-state index in [0.29, 0.717) is 10.9 Å². The van der Waals surface area contributed by atoms with Crippen LogP contribution in [0.3, 0.4) is 0 Å².